The summed E-state index contributed by atoms with van der Waals surface area (Å²) in [6.45, 7) is 0. The van der Waals surface area contributed by atoms with Crippen LogP contribution in [0.1, 0.15) is 11.1 Å². The van der Waals surface area contributed by atoms with Gasteiger partial charge in [0.25, 0.3) is 0 Å². The fraction of sp³-hybridized carbons (Fsp3) is 0.133. The number of hydrazine groups is 1. The summed E-state index contributed by atoms with van der Waals surface area (Å²) in [4.78, 5) is 12.2. The molecule has 0 heterocycles. The molecule has 0 saturated heterocycles. The van der Waals surface area contributed by atoms with E-state index >= 15 is 0 Å². The first-order valence-electron chi connectivity index (χ1n) is 6.13. The lowest BCUT2D eigenvalue weighted by atomic mass is 10.1. The monoisotopic (exact) mass is 290 g/mol. The highest BCUT2D eigenvalue weighted by Gasteiger charge is 2.02. The van der Waals surface area contributed by atoms with Crippen molar-refractivity contribution >= 4 is 17.7 Å². The number of amides is 1. The molecular formula is C15H15FN2OS. The van der Waals surface area contributed by atoms with E-state index in [4.69, 9.17) is 5.84 Å². The van der Waals surface area contributed by atoms with Crippen LogP contribution in [0.15, 0.2) is 53.4 Å². The molecule has 0 bridgehead atoms. The number of halogens is 1. The molecule has 1 amide bonds. The first-order valence-corrected chi connectivity index (χ1v) is 7.11. The Morgan fingerprint density at radius 3 is 2.25 bits per heavy atom. The van der Waals surface area contributed by atoms with Gasteiger partial charge in [-0.15, -0.1) is 11.8 Å². The molecule has 0 aromatic heterocycles. The Bertz CT molecular complexity index is 569. The lowest BCUT2D eigenvalue weighted by molar-refractivity contribution is -0.120. The summed E-state index contributed by atoms with van der Waals surface area (Å²) < 4.78 is 12.8. The molecule has 0 aliphatic heterocycles. The van der Waals surface area contributed by atoms with Crippen LogP contribution in [0.25, 0.3) is 0 Å². The molecular weight excluding hydrogens is 275 g/mol. The van der Waals surface area contributed by atoms with Gasteiger partial charge in [-0.3, -0.25) is 10.2 Å². The maximum Gasteiger partial charge on any atom is 0.238 e. The number of nitrogens with one attached hydrogen (secondary N) is 1. The zero-order valence-electron chi connectivity index (χ0n) is 10.8. The summed E-state index contributed by atoms with van der Waals surface area (Å²) in [6, 6.07) is 14.2. The summed E-state index contributed by atoms with van der Waals surface area (Å²) in [5.41, 5.74) is 4.17. The van der Waals surface area contributed by atoms with Gasteiger partial charge in [0.15, 0.2) is 0 Å². The fourth-order valence-corrected chi connectivity index (χ4v) is 2.54. The molecule has 0 atom stereocenters. The molecule has 20 heavy (non-hydrogen) atoms. The summed E-state index contributed by atoms with van der Waals surface area (Å²) in [5, 5.41) is 0. The highest BCUT2D eigenvalue weighted by molar-refractivity contribution is 7.98. The Hall–Kier alpha value is -1.85. The minimum Gasteiger partial charge on any atom is -0.294 e. The van der Waals surface area contributed by atoms with E-state index in [0.29, 0.717) is 0 Å². The van der Waals surface area contributed by atoms with Gasteiger partial charge in [-0.2, -0.15) is 0 Å². The van der Waals surface area contributed by atoms with Crippen LogP contribution in [0.2, 0.25) is 0 Å². The summed E-state index contributed by atoms with van der Waals surface area (Å²) in [5.74, 6) is 5.41. The van der Waals surface area contributed by atoms with Gasteiger partial charge in [-0.25, -0.2) is 10.2 Å². The smallest absolute Gasteiger partial charge is 0.238 e. The highest BCUT2D eigenvalue weighted by Crippen LogP contribution is 2.23. The van der Waals surface area contributed by atoms with E-state index in [2.05, 4.69) is 5.43 Å². The Balaban J connectivity index is 1.90. The molecule has 5 heteroatoms. The van der Waals surface area contributed by atoms with E-state index in [-0.39, 0.29) is 18.1 Å². The molecule has 3 nitrogen and oxygen atoms in total. The van der Waals surface area contributed by atoms with Crippen LogP contribution in [-0.4, -0.2) is 5.91 Å². The van der Waals surface area contributed by atoms with Gasteiger partial charge in [0.2, 0.25) is 5.91 Å². The maximum absolute atomic E-state index is 12.8. The number of carbonyl (C=O) groups is 1. The first kappa shape index (κ1) is 14.6. The second kappa shape index (κ2) is 7.07. The van der Waals surface area contributed by atoms with Crippen molar-refractivity contribution in [3.63, 3.8) is 0 Å². The maximum atomic E-state index is 12.8. The van der Waals surface area contributed by atoms with E-state index in [1.54, 1.807) is 23.9 Å². The van der Waals surface area contributed by atoms with Crippen LogP contribution in [0.4, 0.5) is 4.39 Å². The largest absolute Gasteiger partial charge is 0.294 e. The molecule has 2 aromatic carbocycles. The second-order valence-electron chi connectivity index (χ2n) is 4.30. The van der Waals surface area contributed by atoms with Gasteiger partial charge in [0.1, 0.15) is 5.82 Å². The molecule has 2 aromatic rings. The molecule has 0 fully saturated rings. The van der Waals surface area contributed by atoms with Crippen LogP contribution in [0.5, 0.6) is 0 Å². The first-order chi connectivity index (χ1) is 9.67. The van der Waals surface area contributed by atoms with Gasteiger partial charge >= 0.3 is 0 Å². The zero-order valence-corrected chi connectivity index (χ0v) is 11.6. The molecule has 0 radical (unpaired) electrons. The number of carbonyl (C=O) groups excluding carboxylic acids is 1. The molecule has 2 rings (SSSR count). The van der Waals surface area contributed by atoms with Crippen LogP contribution in [0.3, 0.4) is 0 Å². The lowest BCUT2D eigenvalue weighted by Crippen LogP contribution is -2.31. The molecule has 0 saturated carbocycles. The predicted octanol–water partition coefficient (Wildman–Crippen LogP) is 2.65. The van der Waals surface area contributed by atoms with E-state index in [1.165, 1.54) is 12.1 Å². The average molecular weight is 290 g/mol. The van der Waals surface area contributed by atoms with Crippen LogP contribution in [0, 0.1) is 5.82 Å². The average Bonchev–Trinajstić information content (AvgIpc) is 2.48. The Morgan fingerprint density at radius 1 is 1.05 bits per heavy atom. The van der Waals surface area contributed by atoms with Gasteiger partial charge in [-0.05, 0) is 35.4 Å². The van der Waals surface area contributed by atoms with Crippen molar-refractivity contribution in [2.45, 2.75) is 17.1 Å². The van der Waals surface area contributed by atoms with E-state index < -0.39 is 0 Å². The van der Waals surface area contributed by atoms with Crippen molar-refractivity contribution in [3.05, 3.63) is 65.5 Å². The molecule has 0 spiro atoms. The molecule has 0 unspecified atom stereocenters. The molecule has 104 valence electrons. The van der Waals surface area contributed by atoms with Gasteiger partial charge in [0.05, 0.1) is 6.42 Å². The Kier molecular flexibility index (Phi) is 5.15. The molecule has 3 N–H and O–H groups in total. The van der Waals surface area contributed by atoms with Crippen LogP contribution >= 0.6 is 11.8 Å². The number of thioether (sulfide) groups is 1. The fourth-order valence-electron chi connectivity index (χ4n) is 1.69. The van der Waals surface area contributed by atoms with E-state index in [0.717, 1.165) is 21.8 Å². The number of hydrogen-bond donors (Lipinski definition) is 2. The Morgan fingerprint density at radius 2 is 1.65 bits per heavy atom. The summed E-state index contributed by atoms with van der Waals surface area (Å²) >= 11 is 1.64. The van der Waals surface area contributed by atoms with Crippen molar-refractivity contribution in [3.8, 4) is 0 Å². The third kappa shape index (κ3) is 4.36. The van der Waals surface area contributed by atoms with Crippen molar-refractivity contribution in [2.24, 2.45) is 5.84 Å². The predicted molar refractivity (Wildman–Crippen MR) is 78.4 cm³/mol. The second-order valence-corrected chi connectivity index (χ2v) is 5.35. The van der Waals surface area contributed by atoms with E-state index in [9.17, 15) is 9.18 Å². The van der Waals surface area contributed by atoms with Gasteiger partial charge in [0, 0.05) is 10.6 Å². The third-order valence-electron chi connectivity index (χ3n) is 2.77. The number of hydrogen-bond acceptors (Lipinski definition) is 3. The zero-order chi connectivity index (χ0) is 14.4. The summed E-state index contributed by atoms with van der Waals surface area (Å²) in [7, 11) is 0. The molecule has 0 aliphatic carbocycles. The highest BCUT2D eigenvalue weighted by atomic mass is 32.2. The molecule has 0 aliphatic rings. The van der Waals surface area contributed by atoms with Crippen molar-refractivity contribution < 1.29 is 9.18 Å². The minimum absolute atomic E-state index is 0.210. The quantitative estimate of drug-likeness (QED) is 0.385. The van der Waals surface area contributed by atoms with Crippen molar-refractivity contribution in [1.82, 2.24) is 5.43 Å². The Labute approximate surface area is 121 Å². The number of rotatable bonds is 5. The number of nitrogens with two attached hydrogens (primary N) is 1. The topological polar surface area (TPSA) is 55.1 Å². The lowest BCUT2D eigenvalue weighted by Gasteiger charge is -2.04. The standard InChI is InChI=1S/C15H15FN2OS/c16-13-5-7-14(8-6-13)20-10-12-3-1-11(2-4-12)9-15(19)18-17/h1-8H,9-10,17H2,(H,18,19). The third-order valence-corrected chi connectivity index (χ3v) is 3.85. The summed E-state index contributed by atoms with van der Waals surface area (Å²) in [6.07, 6.45) is 0.280. The SMILES string of the molecule is NNC(=O)Cc1ccc(CSc2ccc(F)cc2)cc1. The normalized spacial score (nSPS) is 10.3. The van der Waals surface area contributed by atoms with Crippen molar-refractivity contribution in [2.75, 3.05) is 0 Å². The minimum atomic E-state index is -0.225. The van der Waals surface area contributed by atoms with Crippen LogP contribution in [-0.2, 0) is 17.0 Å². The van der Waals surface area contributed by atoms with Gasteiger partial charge < -0.3 is 0 Å². The van der Waals surface area contributed by atoms with Crippen LogP contribution < -0.4 is 11.3 Å². The van der Waals surface area contributed by atoms with E-state index in [1.807, 2.05) is 24.3 Å². The van der Waals surface area contributed by atoms with Crippen molar-refractivity contribution in [1.29, 1.82) is 0 Å². The van der Waals surface area contributed by atoms with Gasteiger partial charge in [-0.1, -0.05) is 24.3 Å². The number of benzene rings is 2.